The maximum Gasteiger partial charge on any atom is 0.279 e. The summed E-state index contributed by atoms with van der Waals surface area (Å²) in [5.74, 6) is -1.94. The lowest BCUT2D eigenvalue weighted by Crippen LogP contribution is -2.28. The summed E-state index contributed by atoms with van der Waals surface area (Å²) in [7, 11) is 0. The Labute approximate surface area is 51.1 Å². The molecule has 0 saturated heterocycles. The first-order chi connectivity index (χ1) is 4.09. The third-order valence-corrected chi connectivity index (χ3v) is 0.673. The van der Waals surface area contributed by atoms with Crippen molar-refractivity contribution in [1.29, 1.82) is 0 Å². The molecule has 2 amide bonds. The molecular formula is C4H6N2O3. The fourth-order valence-corrected chi connectivity index (χ4v) is 0.179. The summed E-state index contributed by atoms with van der Waals surface area (Å²) in [4.78, 5) is 20.2. The first-order valence-electron chi connectivity index (χ1n) is 2.02. The van der Waals surface area contributed by atoms with Gasteiger partial charge in [0.25, 0.3) is 11.8 Å². The maximum absolute atomic E-state index is 10.2. The Morgan fingerprint density at radius 3 is 2.11 bits per heavy atom. The molecule has 0 bridgehead atoms. The minimum absolute atomic E-state index is 0.475. The van der Waals surface area contributed by atoms with Gasteiger partial charge in [-0.3, -0.25) is 14.8 Å². The van der Waals surface area contributed by atoms with Crippen LogP contribution in [0.25, 0.3) is 0 Å². The van der Waals surface area contributed by atoms with Gasteiger partial charge in [-0.15, -0.1) is 0 Å². The number of primary amides is 1. The zero-order valence-electron chi connectivity index (χ0n) is 4.55. The van der Waals surface area contributed by atoms with Crippen molar-refractivity contribution in [3.63, 3.8) is 0 Å². The van der Waals surface area contributed by atoms with Crippen molar-refractivity contribution < 1.29 is 14.8 Å². The largest absolute Gasteiger partial charge is 0.365 e. The molecule has 0 aliphatic heterocycles. The molecular weight excluding hydrogens is 124 g/mol. The Morgan fingerprint density at radius 2 is 2.00 bits per heavy atom. The Morgan fingerprint density at radius 1 is 1.56 bits per heavy atom. The number of carbonyl (C=O) groups is 2. The van der Waals surface area contributed by atoms with E-state index in [1.54, 1.807) is 0 Å². The normalized spacial score (nSPS) is 8.11. The highest BCUT2D eigenvalue weighted by Crippen LogP contribution is 1.84. The van der Waals surface area contributed by atoms with Gasteiger partial charge in [0.05, 0.1) is 5.57 Å². The Balaban J connectivity index is 4.05. The van der Waals surface area contributed by atoms with Gasteiger partial charge in [0.1, 0.15) is 0 Å². The molecule has 9 heavy (non-hydrogen) atoms. The predicted molar refractivity (Wildman–Crippen MR) is 28.3 cm³/mol. The summed E-state index contributed by atoms with van der Waals surface area (Å²) < 4.78 is 0. The zero-order chi connectivity index (χ0) is 7.44. The summed E-state index contributed by atoms with van der Waals surface area (Å²) >= 11 is 0. The second-order valence-electron chi connectivity index (χ2n) is 1.28. The highest BCUT2D eigenvalue weighted by molar-refractivity contribution is 6.16. The van der Waals surface area contributed by atoms with Gasteiger partial charge in [-0.25, -0.2) is 5.48 Å². The van der Waals surface area contributed by atoms with E-state index in [-0.39, 0.29) is 0 Å². The Kier molecular flexibility index (Phi) is 2.40. The molecule has 0 saturated carbocycles. The van der Waals surface area contributed by atoms with Crippen molar-refractivity contribution >= 4 is 11.8 Å². The summed E-state index contributed by atoms with van der Waals surface area (Å²) in [6, 6.07) is 0. The molecule has 4 N–H and O–H groups in total. The average molecular weight is 130 g/mol. The molecule has 0 aromatic carbocycles. The van der Waals surface area contributed by atoms with E-state index in [1.807, 2.05) is 0 Å². The van der Waals surface area contributed by atoms with Crippen LogP contribution in [0.1, 0.15) is 0 Å². The number of rotatable bonds is 2. The summed E-state index contributed by atoms with van der Waals surface area (Å²) in [6.45, 7) is 2.98. The first kappa shape index (κ1) is 7.64. The van der Waals surface area contributed by atoms with Crippen LogP contribution in [0.2, 0.25) is 0 Å². The third-order valence-electron chi connectivity index (χ3n) is 0.673. The van der Waals surface area contributed by atoms with Crippen LogP contribution in [0.5, 0.6) is 0 Å². The van der Waals surface area contributed by atoms with Crippen molar-refractivity contribution in [3.8, 4) is 0 Å². The van der Waals surface area contributed by atoms with Crippen LogP contribution in [0.3, 0.4) is 0 Å². The molecule has 5 nitrogen and oxygen atoms in total. The van der Waals surface area contributed by atoms with E-state index in [0.717, 1.165) is 0 Å². The zero-order valence-corrected chi connectivity index (χ0v) is 4.55. The number of amides is 2. The molecule has 0 spiro atoms. The second-order valence-corrected chi connectivity index (χ2v) is 1.28. The summed E-state index contributed by atoms with van der Waals surface area (Å²) in [5.41, 5.74) is 5.33. The number of nitrogens with two attached hydrogens (primary N) is 1. The van der Waals surface area contributed by atoms with Crippen LogP contribution in [0.15, 0.2) is 12.2 Å². The van der Waals surface area contributed by atoms with Crippen LogP contribution in [-0.2, 0) is 9.59 Å². The topological polar surface area (TPSA) is 92.4 Å². The lowest BCUT2D eigenvalue weighted by Gasteiger charge is -1.94. The summed E-state index contributed by atoms with van der Waals surface area (Å²) in [5, 5.41) is 7.89. The van der Waals surface area contributed by atoms with Crippen molar-refractivity contribution in [3.05, 3.63) is 12.2 Å². The molecule has 0 aliphatic carbocycles. The molecule has 0 unspecified atom stereocenters. The SMILES string of the molecule is C=C(C(N)=O)C(=O)NO. The van der Waals surface area contributed by atoms with E-state index in [2.05, 4.69) is 12.3 Å². The van der Waals surface area contributed by atoms with E-state index in [9.17, 15) is 9.59 Å². The molecule has 0 radical (unpaired) electrons. The molecule has 0 atom stereocenters. The fraction of sp³-hybridized carbons (Fsp3) is 0. The highest BCUT2D eigenvalue weighted by atomic mass is 16.5. The van der Waals surface area contributed by atoms with Gasteiger partial charge in [-0.05, 0) is 0 Å². The average Bonchev–Trinajstić information content (AvgIpc) is 1.84. The molecule has 0 aromatic heterocycles. The first-order valence-corrected chi connectivity index (χ1v) is 2.02. The molecule has 0 aliphatic rings. The van der Waals surface area contributed by atoms with Crippen LogP contribution in [0, 0.1) is 0 Å². The fourth-order valence-electron chi connectivity index (χ4n) is 0.179. The highest BCUT2D eigenvalue weighted by Gasteiger charge is 2.09. The molecule has 5 heteroatoms. The monoisotopic (exact) mass is 130 g/mol. The molecule has 50 valence electrons. The van der Waals surface area contributed by atoms with Crippen molar-refractivity contribution in [2.75, 3.05) is 0 Å². The standard InChI is InChI=1S/C4H6N2O3/c1-2(3(5)7)4(8)6-9/h9H,1H2,(H2,5,7)(H,6,8). The molecule has 0 fully saturated rings. The van der Waals surface area contributed by atoms with Crippen LogP contribution in [0.4, 0.5) is 0 Å². The number of carbonyl (C=O) groups excluding carboxylic acids is 2. The van der Waals surface area contributed by atoms with Gasteiger partial charge in [-0.2, -0.15) is 0 Å². The third kappa shape index (κ3) is 1.92. The molecule has 0 heterocycles. The van der Waals surface area contributed by atoms with Gasteiger partial charge < -0.3 is 5.73 Å². The van der Waals surface area contributed by atoms with E-state index in [1.165, 1.54) is 5.48 Å². The van der Waals surface area contributed by atoms with Gasteiger partial charge in [-0.1, -0.05) is 6.58 Å². The Bertz CT molecular complexity index is 163. The van der Waals surface area contributed by atoms with Crippen LogP contribution in [-0.4, -0.2) is 17.0 Å². The van der Waals surface area contributed by atoms with E-state index < -0.39 is 17.4 Å². The summed E-state index contributed by atoms with van der Waals surface area (Å²) in [6.07, 6.45) is 0. The van der Waals surface area contributed by atoms with Gasteiger partial charge in [0, 0.05) is 0 Å². The Hall–Kier alpha value is -1.36. The number of hydroxylamine groups is 1. The lowest BCUT2D eigenvalue weighted by molar-refractivity contribution is -0.128. The van der Waals surface area contributed by atoms with Gasteiger partial charge in [0.2, 0.25) is 0 Å². The number of nitrogens with one attached hydrogen (secondary N) is 1. The maximum atomic E-state index is 10.2. The van der Waals surface area contributed by atoms with E-state index >= 15 is 0 Å². The predicted octanol–water partition coefficient (Wildman–Crippen LogP) is -1.47. The number of hydrogen-bond acceptors (Lipinski definition) is 3. The van der Waals surface area contributed by atoms with Crippen molar-refractivity contribution in [2.45, 2.75) is 0 Å². The van der Waals surface area contributed by atoms with Crippen LogP contribution >= 0.6 is 0 Å². The molecule has 0 aromatic rings. The lowest BCUT2D eigenvalue weighted by atomic mass is 10.3. The van der Waals surface area contributed by atoms with Crippen molar-refractivity contribution in [2.24, 2.45) is 5.73 Å². The van der Waals surface area contributed by atoms with E-state index in [0.29, 0.717) is 0 Å². The quantitative estimate of drug-likeness (QED) is 0.140. The van der Waals surface area contributed by atoms with Crippen LogP contribution < -0.4 is 11.2 Å². The van der Waals surface area contributed by atoms with Gasteiger partial charge >= 0.3 is 0 Å². The minimum atomic E-state index is -0.984. The van der Waals surface area contributed by atoms with Crippen molar-refractivity contribution in [1.82, 2.24) is 5.48 Å². The van der Waals surface area contributed by atoms with Gasteiger partial charge in [0.15, 0.2) is 0 Å². The van der Waals surface area contributed by atoms with E-state index in [4.69, 9.17) is 5.21 Å². The minimum Gasteiger partial charge on any atom is -0.365 e. The second kappa shape index (κ2) is 2.83. The molecule has 0 rings (SSSR count). The number of hydrogen-bond donors (Lipinski definition) is 3. The smallest absolute Gasteiger partial charge is 0.279 e.